The highest BCUT2D eigenvalue weighted by atomic mass is 16.5. The molecular formula is C24H26O4. The average molecular weight is 378 g/mol. The lowest BCUT2D eigenvalue weighted by Crippen LogP contribution is -2.33. The Labute approximate surface area is 165 Å². The Morgan fingerprint density at radius 3 is 2.43 bits per heavy atom. The lowest BCUT2D eigenvalue weighted by Gasteiger charge is -2.36. The van der Waals surface area contributed by atoms with Crippen LogP contribution in [-0.4, -0.2) is 37.0 Å². The molecule has 2 heterocycles. The third kappa shape index (κ3) is 3.01. The van der Waals surface area contributed by atoms with Crippen LogP contribution >= 0.6 is 0 Å². The van der Waals surface area contributed by atoms with Crippen molar-refractivity contribution >= 4 is 11.6 Å². The zero-order valence-corrected chi connectivity index (χ0v) is 16.8. The maximum Gasteiger partial charge on any atom is 0.173 e. The number of carbonyl (C=O) groups excluding carboxylic acids is 2. The Morgan fingerprint density at radius 1 is 1.00 bits per heavy atom. The average Bonchev–Trinajstić information content (AvgIpc) is 3.14. The largest absolute Gasteiger partial charge is 0.373 e. The molecule has 1 aromatic rings. The summed E-state index contributed by atoms with van der Waals surface area (Å²) >= 11 is 0. The number of Topliss-reactive ketones (excluding diaryl/α,β-unsaturated/α-hetero) is 2. The van der Waals surface area contributed by atoms with Crippen molar-refractivity contribution in [3.63, 3.8) is 0 Å². The van der Waals surface area contributed by atoms with Crippen molar-refractivity contribution in [3.8, 4) is 0 Å². The Hall–Kier alpha value is -2.30. The van der Waals surface area contributed by atoms with E-state index in [0.717, 1.165) is 11.1 Å². The van der Waals surface area contributed by atoms with Crippen molar-refractivity contribution in [2.75, 3.05) is 13.2 Å². The fourth-order valence-electron chi connectivity index (χ4n) is 4.53. The van der Waals surface area contributed by atoms with Crippen LogP contribution < -0.4 is 0 Å². The Morgan fingerprint density at radius 2 is 1.71 bits per heavy atom. The quantitative estimate of drug-likeness (QED) is 0.585. The van der Waals surface area contributed by atoms with Crippen LogP contribution in [0.3, 0.4) is 0 Å². The van der Waals surface area contributed by atoms with Gasteiger partial charge in [0.2, 0.25) is 0 Å². The molecule has 28 heavy (non-hydrogen) atoms. The van der Waals surface area contributed by atoms with Gasteiger partial charge in [0.25, 0.3) is 0 Å². The van der Waals surface area contributed by atoms with E-state index in [1.165, 1.54) is 11.1 Å². The van der Waals surface area contributed by atoms with E-state index < -0.39 is 5.92 Å². The number of carbonyl (C=O) groups is 2. The van der Waals surface area contributed by atoms with Gasteiger partial charge in [-0.2, -0.15) is 0 Å². The molecule has 3 aliphatic rings. The first-order valence-electron chi connectivity index (χ1n) is 9.92. The summed E-state index contributed by atoms with van der Waals surface area (Å²) in [6, 6.07) is 9.01. The molecule has 1 saturated heterocycles. The van der Waals surface area contributed by atoms with Gasteiger partial charge >= 0.3 is 0 Å². The van der Waals surface area contributed by atoms with Gasteiger partial charge in [-0.1, -0.05) is 37.3 Å². The smallest absolute Gasteiger partial charge is 0.173 e. The first-order chi connectivity index (χ1) is 13.4. The van der Waals surface area contributed by atoms with Crippen molar-refractivity contribution in [2.24, 2.45) is 11.8 Å². The Bertz CT molecular complexity index is 919. The number of fused-ring (bicyclic) bond motifs is 2. The summed E-state index contributed by atoms with van der Waals surface area (Å²) in [5.74, 6) is -0.737. The SMILES string of the molecule is CC1=C2C(=CC3OCC(C(=O)C(C)C(=O)c4ccccc4)=C13)COC(C)C2C. The zero-order valence-electron chi connectivity index (χ0n) is 16.8. The molecule has 0 amide bonds. The van der Waals surface area contributed by atoms with Crippen LogP contribution in [0, 0.1) is 11.8 Å². The summed E-state index contributed by atoms with van der Waals surface area (Å²) in [5, 5.41) is 0. The van der Waals surface area contributed by atoms with Gasteiger partial charge in [-0.3, -0.25) is 9.59 Å². The van der Waals surface area contributed by atoms with Crippen LogP contribution in [0.15, 0.2) is 64.3 Å². The third-order valence-electron chi connectivity index (χ3n) is 6.33. The van der Waals surface area contributed by atoms with Crippen LogP contribution in [0.1, 0.15) is 38.1 Å². The van der Waals surface area contributed by atoms with Crippen molar-refractivity contribution < 1.29 is 19.1 Å². The summed E-state index contributed by atoms with van der Waals surface area (Å²) in [4.78, 5) is 26.0. The summed E-state index contributed by atoms with van der Waals surface area (Å²) < 4.78 is 11.8. The molecule has 1 aliphatic carbocycles. The van der Waals surface area contributed by atoms with Gasteiger partial charge in [0.15, 0.2) is 11.6 Å². The predicted octanol–water partition coefficient (Wildman–Crippen LogP) is 4.08. The van der Waals surface area contributed by atoms with Gasteiger partial charge in [-0.25, -0.2) is 0 Å². The molecule has 4 unspecified atom stereocenters. The van der Waals surface area contributed by atoms with Crippen molar-refractivity contribution in [1.29, 1.82) is 0 Å². The van der Waals surface area contributed by atoms with E-state index >= 15 is 0 Å². The highest BCUT2D eigenvalue weighted by Crippen LogP contribution is 2.43. The molecule has 4 atom stereocenters. The van der Waals surface area contributed by atoms with E-state index in [2.05, 4.69) is 26.8 Å². The highest BCUT2D eigenvalue weighted by Gasteiger charge is 2.40. The monoisotopic (exact) mass is 378 g/mol. The van der Waals surface area contributed by atoms with Crippen molar-refractivity contribution in [2.45, 2.75) is 39.9 Å². The van der Waals surface area contributed by atoms with E-state index in [1.807, 2.05) is 18.2 Å². The lowest BCUT2D eigenvalue weighted by molar-refractivity contribution is -0.117. The maximum absolute atomic E-state index is 13.2. The van der Waals surface area contributed by atoms with Gasteiger partial charge in [0, 0.05) is 17.1 Å². The minimum atomic E-state index is -0.721. The molecule has 1 fully saturated rings. The van der Waals surface area contributed by atoms with Crippen LogP contribution in [-0.2, 0) is 14.3 Å². The molecule has 0 spiro atoms. The number of rotatable bonds is 4. The van der Waals surface area contributed by atoms with Crippen LogP contribution in [0.25, 0.3) is 0 Å². The third-order valence-corrected chi connectivity index (χ3v) is 6.33. The van der Waals surface area contributed by atoms with E-state index in [9.17, 15) is 9.59 Å². The highest BCUT2D eigenvalue weighted by molar-refractivity contribution is 6.16. The molecule has 4 rings (SSSR count). The summed E-state index contributed by atoms with van der Waals surface area (Å²) in [7, 11) is 0. The van der Waals surface area contributed by atoms with Crippen molar-refractivity contribution in [3.05, 3.63) is 69.8 Å². The number of ether oxygens (including phenoxy) is 2. The van der Waals surface area contributed by atoms with Crippen LogP contribution in [0.5, 0.6) is 0 Å². The van der Waals surface area contributed by atoms with Crippen LogP contribution in [0.4, 0.5) is 0 Å². The second kappa shape index (κ2) is 7.26. The summed E-state index contributed by atoms with van der Waals surface area (Å²) in [6.45, 7) is 8.85. The normalized spacial score (nSPS) is 27.9. The molecule has 0 bridgehead atoms. The second-order valence-electron chi connectivity index (χ2n) is 7.98. The second-order valence-corrected chi connectivity index (χ2v) is 7.98. The Kier molecular flexibility index (Phi) is 4.94. The predicted molar refractivity (Wildman–Crippen MR) is 107 cm³/mol. The van der Waals surface area contributed by atoms with Crippen LogP contribution in [0.2, 0.25) is 0 Å². The topological polar surface area (TPSA) is 52.6 Å². The number of ketones is 2. The van der Waals surface area contributed by atoms with E-state index in [-0.39, 0.29) is 36.3 Å². The number of hydrogen-bond acceptors (Lipinski definition) is 4. The molecule has 4 heteroatoms. The van der Waals surface area contributed by atoms with Gasteiger partial charge in [-0.15, -0.1) is 0 Å². The maximum atomic E-state index is 13.2. The first-order valence-corrected chi connectivity index (χ1v) is 9.92. The van der Waals surface area contributed by atoms with Crippen molar-refractivity contribution in [1.82, 2.24) is 0 Å². The molecule has 2 aliphatic heterocycles. The molecular weight excluding hydrogens is 352 g/mol. The Balaban J connectivity index is 1.70. The van der Waals surface area contributed by atoms with Gasteiger partial charge < -0.3 is 9.47 Å². The zero-order chi connectivity index (χ0) is 20.0. The molecule has 0 aromatic heterocycles. The molecule has 0 saturated carbocycles. The van der Waals surface area contributed by atoms with Gasteiger partial charge in [-0.05, 0) is 49.1 Å². The lowest BCUT2D eigenvalue weighted by atomic mass is 9.76. The minimum Gasteiger partial charge on any atom is -0.373 e. The summed E-state index contributed by atoms with van der Waals surface area (Å²) in [5.41, 5.74) is 5.72. The van der Waals surface area contributed by atoms with Gasteiger partial charge in [0.05, 0.1) is 25.2 Å². The fourth-order valence-corrected chi connectivity index (χ4v) is 4.53. The molecule has 146 valence electrons. The summed E-state index contributed by atoms with van der Waals surface area (Å²) in [6.07, 6.45) is 2.00. The first kappa shape index (κ1) is 19.0. The molecule has 4 nitrogen and oxygen atoms in total. The van der Waals surface area contributed by atoms with Gasteiger partial charge in [0.1, 0.15) is 6.10 Å². The van der Waals surface area contributed by atoms with E-state index in [4.69, 9.17) is 9.47 Å². The molecule has 0 N–H and O–H groups in total. The minimum absolute atomic E-state index is 0.129. The van der Waals surface area contributed by atoms with E-state index in [1.54, 1.807) is 19.1 Å². The molecule has 1 aromatic carbocycles. The van der Waals surface area contributed by atoms with E-state index in [0.29, 0.717) is 17.7 Å². The fraction of sp³-hybridized carbons (Fsp3) is 0.417. The number of benzene rings is 1. The number of hydrogen-bond donors (Lipinski definition) is 0. The standard InChI is InChI=1S/C24H26O4/c1-13-16(4)27-11-18-10-20-22(14(2)21(13)18)19(12-28-20)24(26)15(3)23(25)17-8-6-5-7-9-17/h5-10,13,15-16,20H,11-12H2,1-4H3. The molecule has 0 radical (unpaired) electrons.